The molecule has 3 heterocycles. The molecule has 10 nitrogen and oxygen atoms in total. The summed E-state index contributed by atoms with van der Waals surface area (Å²) < 4.78 is 20.6. The molecule has 3 aromatic rings. The van der Waals surface area contributed by atoms with Gasteiger partial charge in [0.15, 0.2) is 5.69 Å². The largest absolute Gasteiger partial charge is 0.444 e. The monoisotopic (exact) mass is 550 g/mol. The zero-order valence-corrected chi connectivity index (χ0v) is 23.2. The van der Waals surface area contributed by atoms with Crippen LogP contribution in [0.15, 0.2) is 42.6 Å². The molecule has 0 bridgehead atoms. The molecule has 1 aliphatic heterocycles. The summed E-state index contributed by atoms with van der Waals surface area (Å²) >= 11 is 0. The van der Waals surface area contributed by atoms with Crippen molar-refractivity contribution in [2.24, 2.45) is 0 Å². The van der Waals surface area contributed by atoms with E-state index in [9.17, 15) is 18.8 Å². The van der Waals surface area contributed by atoms with Crippen LogP contribution in [0.2, 0.25) is 0 Å². The van der Waals surface area contributed by atoms with Crippen LogP contribution in [-0.2, 0) is 17.8 Å². The number of carbonyl (C=O) groups is 3. The number of rotatable bonds is 6. The molecule has 40 heavy (non-hydrogen) atoms. The minimum Gasteiger partial charge on any atom is -0.444 e. The summed E-state index contributed by atoms with van der Waals surface area (Å²) in [5.41, 5.74) is 2.63. The van der Waals surface area contributed by atoms with E-state index in [1.54, 1.807) is 60.8 Å². The molecule has 1 atom stereocenters. The van der Waals surface area contributed by atoms with Crippen LogP contribution in [0, 0.1) is 5.82 Å². The van der Waals surface area contributed by atoms with E-state index < -0.39 is 11.7 Å². The van der Waals surface area contributed by atoms with Crippen molar-refractivity contribution >= 4 is 17.9 Å². The molecular formula is C29H35FN6O4. The number of fused-ring (bicyclic) bond motifs is 1. The molecular weight excluding hydrogens is 515 g/mol. The number of ether oxygens (including phenoxy) is 1. The molecule has 0 spiro atoms. The van der Waals surface area contributed by atoms with Gasteiger partial charge in [0.2, 0.25) is 0 Å². The first kappa shape index (κ1) is 27.4. The fourth-order valence-corrected chi connectivity index (χ4v) is 5.33. The molecule has 1 aromatic carbocycles. The molecule has 0 saturated heterocycles. The van der Waals surface area contributed by atoms with Gasteiger partial charge in [0.05, 0.1) is 13.1 Å². The van der Waals surface area contributed by atoms with Crippen molar-refractivity contribution in [2.75, 3.05) is 6.54 Å². The predicted octanol–water partition coefficient (Wildman–Crippen LogP) is 3.94. The number of nitrogens with one attached hydrogen (secondary N) is 3. The zero-order chi connectivity index (χ0) is 28.6. The number of nitrogens with zero attached hydrogens (tertiary/aromatic N) is 3. The summed E-state index contributed by atoms with van der Waals surface area (Å²) in [6, 6.07) is 9.49. The van der Waals surface area contributed by atoms with Gasteiger partial charge in [-0.2, -0.15) is 5.10 Å². The highest BCUT2D eigenvalue weighted by Gasteiger charge is 2.37. The van der Waals surface area contributed by atoms with Crippen LogP contribution in [-0.4, -0.2) is 61.8 Å². The first-order chi connectivity index (χ1) is 19.0. The number of carbonyl (C=O) groups excluding carboxylic acids is 3. The van der Waals surface area contributed by atoms with Gasteiger partial charge in [-0.1, -0.05) is 19.1 Å². The van der Waals surface area contributed by atoms with Gasteiger partial charge < -0.3 is 25.3 Å². The normalized spacial score (nSPS) is 20.3. The molecule has 1 unspecified atom stereocenters. The average Bonchev–Trinajstić information content (AvgIpc) is 3.51. The van der Waals surface area contributed by atoms with Gasteiger partial charge in [0.1, 0.15) is 17.1 Å². The summed E-state index contributed by atoms with van der Waals surface area (Å²) in [7, 11) is 0. The Kier molecular flexibility index (Phi) is 7.39. The van der Waals surface area contributed by atoms with Gasteiger partial charge in [-0.25, -0.2) is 9.18 Å². The topological polar surface area (TPSA) is 121 Å². The molecule has 1 fully saturated rings. The second-order valence-electron chi connectivity index (χ2n) is 11.7. The van der Waals surface area contributed by atoms with Crippen molar-refractivity contribution in [1.82, 2.24) is 30.3 Å². The third-order valence-electron chi connectivity index (χ3n) is 7.17. The Balaban J connectivity index is 1.33. The van der Waals surface area contributed by atoms with Crippen LogP contribution in [0.25, 0.3) is 0 Å². The van der Waals surface area contributed by atoms with E-state index in [0.29, 0.717) is 37.2 Å². The zero-order valence-electron chi connectivity index (χ0n) is 23.2. The number of aromatic amines is 1. The Morgan fingerprint density at radius 1 is 1.10 bits per heavy atom. The number of alkyl carbamates (subject to hydrolysis) is 1. The van der Waals surface area contributed by atoms with Crippen LogP contribution in [0.1, 0.15) is 84.3 Å². The van der Waals surface area contributed by atoms with Crippen molar-refractivity contribution in [1.29, 1.82) is 0 Å². The third kappa shape index (κ3) is 6.03. The standard InChI is InChI=1S/C29H35FN6O4/c1-17-14-35(27(38)23-6-5-11-31-23)16-22-24(34-36(25(17)22)15-18-7-9-19(30)10-8-18)26(37)32-20-12-21(13-20)33-28(39)40-29(2,3)4/h5-11,17,20-21,31H,12-16H2,1-4H3,(H,32,37)(H,33,39). The van der Waals surface area contributed by atoms with E-state index in [-0.39, 0.29) is 47.9 Å². The Bertz CT molecular complexity index is 1390. The van der Waals surface area contributed by atoms with Crippen LogP contribution >= 0.6 is 0 Å². The minimum atomic E-state index is -0.583. The lowest BCUT2D eigenvalue weighted by Crippen LogP contribution is -2.54. The van der Waals surface area contributed by atoms with E-state index in [4.69, 9.17) is 9.84 Å². The second-order valence-corrected chi connectivity index (χ2v) is 11.7. The van der Waals surface area contributed by atoms with E-state index in [2.05, 4.69) is 15.6 Å². The number of hydrogen-bond donors (Lipinski definition) is 3. The fourth-order valence-electron chi connectivity index (χ4n) is 5.33. The van der Waals surface area contributed by atoms with Crippen molar-refractivity contribution in [3.63, 3.8) is 0 Å². The molecule has 5 rings (SSSR count). The number of H-pyrrole nitrogens is 1. The molecule has 2 aliphatic rings. The van der Waals surface area contributed by atoms with Gasteiger partial charge in [-0.15, -0.1) is 0 Å². The lowest BCUT2D eigenvalue weighted by Gasteiger charge is -2.36. The summed E-state index contributed by atoms with van der Waals surface area (Å²) in [5.74, 6) is -0.868. The highest BCUT2D eigenvalue weighted by Crippen LogP contribution is 2.32. The van der Waals surface area contributed by atoms with Gasteiger partial charge in [0.25, 0.3) is 11.8 Å². The van der Waals surface area contributed by atoms with Crippen molar-refractivity contribution in [3.05, 3.63) is 76.6 Å². The lowest BCUT2D eigenvalue weighted by molar-refractivity contribution is 0.0464. The van der Waals surface area contributed by atoms with E-state index in [1.807, 2.05) is 6.92 Å². The second kappa shape index (κ2) is 10.8. The fraction of sp³-hybridized carbons (Fsp3) is 0.448. The number of aromatic nitrogens is 3. The van der Waals surface area contributed by atoms with Crippen molar-refractivity contribution in [3.8, 4) is 0 Å². The molecule has 0 radical (unpaired) electrons. The number of halogens is 1. The number of amides is 3. The van der Waals surface area contributed by atoms with Gasteiger partial charge in [0, 0.05) is 42.0 Å². The van der Waals surface area contributed by atoms with Crippen LogP contribution in [0.5, 0.6) is 0 Å². The van der Waals surface area contributed by atoms with E-state index in [1.165, 1.54) is 12.1 Å². The Morgan fingerprint density at radius 3 is 2.45 bits per heavy atom. The summed E-state index contributed by atoms with van der Waals surface area (Å²) in [5, 5.41) is 10.6. The highest BCUT2D eigenvalue weighted by molar-refractivity contribution is 5.96. The Labute approximate surface area is 232 Å². The summed E-state index contributed by atoms with van der Waals surface area (Å²) in [4.78, 5) is 43.4. The Morgan fingerprint density at radius 2 is 1.80 bits per heavy atom. The first-order valence-electron chi connectivity index (χ1n) is 13.5. The molecule has 1 saturated carbocycles. The van der Waals surface area contributed by atoms with Crippen LogP contribution < -0.4 is 10.6 Å². The number of benzene rings is 1. The van der Waals surface area contributed by atoms with Gasteiger partial charge in [-0.3, -0.25) is 14.3 Å². The molecule has 212 valence electrons. The summed E-state index contributed by atoms with van der Waals surface area (Å²) in [6.45, 7) is 8.52. The van der Waals surface area contributed by atoms with Gasteiger partial charge >= 0.3 is 6.09 Å². The summed E-state index contributed by atoms with van der Waals surface area (Å²) in [6.07, 6.45) is 2.39. The van der Waals surface area contributed by atoms with E-state index in [0.717, 1.165) is 11.3 Å². The van der Waals surface area contributed by atoms with Crippen molar-refractivity contribution in [2.45, 2.75) is 77.2 Å². The highest BCUT2D eigenvalue weighted by atomic mass is 19.1. The van der Waals surface area contributed by atoms with Gasteiger partial charge in [-0.05, 0) is 63.4 Å². The lowest BCUT2D eigenvalue weighted by atomic mass is 9.86. The molecule has 3 N–H and O–H groups in total. The third-order valence-corrected chi connectivity index (χ3v) is 7.17. The quantitative estimate of drug-likeness (QED) is 0.429. The predicted molar refractivity (Wildman–Crippen MR) is 145 cm³/mol. The average molecular weight is 551 g/mol. The van der Waals surface area contributed by atoms with Crippen LogP contribution in [0.3, 0.4) is 0 Å². The molecule has 11 heteroatoms. The number of hydrogen-bond acceptors (Lipinski definition) is 5. The SMILES string of the molecule is CC1CN(C(=O)c2ccc[nH]2)Cc2c(C(=O)NC3CC(NC(=O)OC(C)(C)C)C3)nn(Cc3ccc(F)cc3)c21. The van der Waals surface area contributed by atoms with Crippen molar-refractivity contribution < 1.29 is 23.5 Å². The molecule has 3 amide bonds. The maximum absolute atomic E-state index is 13.5. The molecule has 1 aliphatic carbocycles. The molecule has 2 aromatic heterocycles. The Hall–Kier alpha value is -4.15. The van der Waals surface area contributed by atoms with E-state index >= 15 is 0 Å². The maximum Gasteiger partial charge on any atom is 0.407 e. The minimum absolute atomic E-state index is 0.0803. The maximum atomic E-state index is 13.5. The van der Waals surface area contributed by atoms with Crippen LogP contribution in [0.4, 0.5) is 9.18 Å². The smallest absolute Gasteiger partial charge is 0.407 e. The first-order valence-corrected chi connectivity index (χ1v) is 13.5.